The highest BCUT2D eigenvalue weighted by atomic mass is 32.1. The predicted molar refractivity (Wildman–Crippen MR) is 99.4 cm³/mol. The zero-order valence-electron chi connectivity index (χ0n) is 15.4. The average Bonchev–Trinajstić information content (AvgIpc) is 3.00. The van der Waals surface area contributed by atoms with E-state index in [0.29, 0.717) is 24.6 Å². The van der Waals surface area contributed by atoms with Crippen molar-refractivity contribution in [1.29, 1.82) is 0 Å². The van der Waals surface area contributed by atoms with E-state index < -0.39 is 0 Å². The maximum atomic E-state index is 11.9. The second-order valence-electron chi connectivity index (χ2n) is 6.22. The molecule has 2 rings (SSSR count). The van der Waals surface area contributed by atoms with Crippen molar-refractivity contribution in [3.8, 4) is 22.1 Å². The number of nitrogens with zero attached hydrogens (tertiary/aromatic N) is 1. The van der Waals surface area contributed by atoms with Crippen LogP contribution in [-0.2, 0) is 11.3 Å². The van der Waals surface area contributed by atoms with E-state index in [9.17, 15) is 4.79 Å². The first-order valence-electron chi connectivity index (χ1n) is 8.21. The Morgan fingerprint density at radius 2 is 2.08 bits per heavy atom. The SMILES string of the molecule is COc1cccc(-c2nc(C[NH+](C)CC(=O)NC(C)C)cs2)c1OC. The van der Waals surface area contributed by atoms with Crippen molar-refractivity contribution in [2.75, 3.05) is 27.8 Å². The van der Waals surface area contributed by atoms with Gasteiger partial charge in [-0.15, -0.1) is 11.3 Å². The number of hydrogen-bond donors (Lipinski definition) is 2. The first-order valence-corrected chi connectivity index (χ1v) is 9.09. The molecule has 6 nitrogen and oxygen atoms in total. The van der Waals surface area contributed by atoms with Crippen molar-refractivity contribution in [3.05, 3.63) is 29.3 Å². The fourth-order valence-electron chi connectivity index (χ4n) is 2.59. The quantitative estimate of drug-likeness (QED) is 0.743. The molecule has 0 bridgehead atoms. The Morgan fingerprint density at radius 3 is 2.72 bits per heavy atom. The molecule has 1 unspecified atom stereocenters. The van der Waals surface area contributed by atoms with Gasteiger partial charge in [-0.3, -0.25) is 4.79 Å². The predicted octanol–water partition coefficient (Wildman–Crippen LogP) is 1.37. The molecule has 1 aromatic heterocycles. The Labute approximate surface area is 152 Å². The van der Waals surface area contributed by atoms with Gasteiger partial charge in [-0.2, -0.15) is 0 Å². The first kappa shape index (κ1) is 19.2. The molecule has 1 heterocycles. The van der Waals surface area contributed by atoms with Gasteiger partial charge in [0, 0.05) is 11.4 Å². The number of ether oxygens (including phenoxy) is 2. The van der Waals surface area contributed by atoms with Crippen LogP contribution in [0.15, 0.2) is 23.6 Å². The molecule has 0 saturated carbocycles. The molecule has 1 atom stereocenters. The number of amides is 1. The average molecular weight is 364 g/mol. The highest BCUT2D eigenvalue weighted by Gasteiger charge is 2.17. The Kier molecular flexibility index (Phi) is 6.78. The van der Waals surface area contributed by atoms with Gasteiger partial charge in [0.25, 0.3) is 5.91 Å². The van der Waals surface area contributed by atoms with Crippen LogP contribution in [-0.4, -0.2) is 44.7 Å². The largest absolute Gasteiger partial charge is 0.493 e. The number of para-hydroxylation sites is 1. The fourth-order valence-corrected chi connectivity index (χ4v) is 3.43. The van der Waals surface area contributed by atoms with Gasteiger partial charge in [0.15, 0.2) is 18.0 Å². The molecule has 0 aliphatic rings. The summed E-state index contributed by atoms with van der Waals surface area (Å²) in [5, 5.41) is 5.82. The van der Waals surface area contributed by atoms with Gasteiger partial charge >= 0.3 is 0 Å². The van der Waals surface area contributed by atoms with Crippen molar-refractivity contribution in [3.63, 3.8) is 0 Å². The lowest BCUT2D eigenvalue weighted by Crippen LogP contribution is -3.09. The van der Waals surface area contributed by atoms with Gasteiger partial charge < -0.3 is 19.7 Å². The smallest absolute Gasteiger partial charge is 0.275 e. The number of nitrogens with one attached hydrogen (secondary N) is 2. The minimum atomic E-state index is 0.0532. The summed E-state index contributed by atoms with van der Waals surface area (Å²) in [7, 11) is 5.24. The molecule has 0 aliphatic heterocycles. The van der Waals surface area contributed by atoms with Crippen LogP contribution in [0.4, 0.5) is 0 Å². The summed E-state index contributed by atoms with van der Waals surface area (Å²) in [6.07, 6.45) is 0. The summed E-state index contributed by atoms with van der Waals surface area (Å²) < 4.78 is 10.8. The number of rotatable bonds is 8. The number of carbonyl (C=O) groups is 1. The number of aromatic nitrogens is 1. The molecule has 2 aromatic rings. The molecule has 0 aliphatic carbocycles. The van der Waals surface area contributed by atoms with Gasteiger partial charge in [-0.1, -0.05) is 6.07 Å². The Bertz CT molecular complexity index is 715. The molecular formula is C18H26N3O3S+. The van der Waals surface area contributed by atoms with Crippen molar-refractivity contribution in [1.82, 2.24) is 10.3 Å². The van der Waals surface area contributed by atoms with E-state index in [4.69, 9.17) is 14.5 Å². The minimum Gasteiger partial charge on any atom is -0.493 e. The van der Waals surface area contributed by atoms with Crippen LogP contribution in [0, 0.1) is 0 Å². The number of hydrogen-bond acceptors (Lipinski definition) is 5. The third kappa shape index (κ3) is 5.17. The maximum absolute atomic E-state index is 11.9. The van der Waals surface area contributed by atoms with Crippen LogP contribution >= 0.6 is 11.3 Å². The van der Waals surface area contributed by atoms with Gasteiger partial charge in [0.05, 0.1) is 26.8 Å². The number of benzene rings is 1. The van der Waals surface area contributed by atoms with E-state index in [2.05, 4.69) is 5.32 Å². The number of quaternary nitrogens is 1. The summed E-state index contributed by atoms with van der Waals surface area (Å²) in [6, 6.07) is 5.91. The molecule has 0 radical (unpaired) electrons. The number of thiazole rings is 1. The molecule has 1 amide bonds. The van der Waals surface area contributed by atoms with Gasteiger partial charge in [-0.05, 0) is 26.0 Å². The summed E-state index contributed by atoms with van der Waals surface area (Å²) in [4.78, 5) is 17.6. The molecule has 7 heteroatoms. The number of likely N-dealkylation sites (N-methyl/N-ethyl adjacent to an activating group) is 1. The zero-order valence-corrected chi connectivity index (χ0v) is 16.2. The lowest BCUT2D eigenvalue weighted by atomic mass is 10.2. The normalized spacial score (nSPS) is 12.1. The van der Waals surface area contributed by atoms with E-state index in [-0.39, 0.29) is 11.9 Å². The van der Waals surface area contributed by atoms with Crippen molar-refractivity contribution >= 4 is 17.2 Å². The fraction of sp³-hybridized carbons (Fsp3) is 0.444. The minimum absolute atomic E-state index is 0.0532. The Balaban J connectivity index is 2.09. The van der Waals surface area contributed by atoms with Gasteiger partial charge in [-0.25, -0.2) is 4.98 Å². The molecule has 2 N–H and O–H groups in total. The van der Waals surface area contributed by atoms with Gasteiger partial charge in [0.1, 0.15) is 17.2 Å². The van der Waals surface area contributed by atoms with Crippen LogP contribution in [0.5, 0.6) is 11.5 Å². The maximum Gasteiger partial charge on any atom is 0.275 e. The third-order valence-electron chi connectivity index (χ3n) is 3.58. The second-order valence-corrected chi connectivity index (χ2v) is 7.08. The van der Waals surface area contributed by atoms with Crippen LogP contribution in [0.3, 0.4) is 0 Å². The molecule has 1 aromatic carbocycles. The first-order chi connectivity index (χ1) is 11.9. The van der Waals surface area contributed by atoms with Crippen molar-refractivity contribution < 1.29 is 19.2 Å². The molecule has 0 fully saturated rings. The van der Waals surface area contributed by atoms with E-state index in [1.165, 1.54) is 0 Å². The number of methoxy groups -OCH3 is 2. The molecule has 0 spiro atoms. The molecule has 0 saturated heterocycles. The lowest BCUT2D eigenvalue weighted by molar-refractivity contribution is -0.885. The summed E-state index contributed by atoms with van der Waals surface area (Å²) >= 11 is 1.56. The standard InChI is InChI=1S/C18H25N3O3S/c1-12(2)19-16(22)10-21(3)9-13-11-25-18(20-13)14-7-6-8-15(23-4)17(14)24-5/h6-8,11-12H,9-10H2,1-5H3,(H,19,22)/p+1. The summed E-state index contributed by atoms with van der Waals surface area (Å²) in [6.45, 7) is 5.03. The summed E-state index contributed by atoms with van der Waals surface area (Å²) in [5.74, 6) is 1.42. The van der Waals surface area contributed by atoms with E-state index in [0.717, 1.165) is 21.2 Å². The Hall–Kier alpha value is -2.12. The second kappa shape index (κ2) is 8.82. The van der Waals surface area contributed by atoms with E-state index >= 15 is 0 Å². The van der Waals surface area contributed by atoms with Crippen molar-refractivity contribution in [2.24, 2.45) is 0 Å². The molecular weight excluding hydrogens is 338 g/mol. The van der Waals surface area contributed by atoms with Crippen molar-refractivity contribution in [2.45, 2.75) is 26.4 Å². The zero-order chi connectivity index (χ0) is 18.4. The van der Waals surface area contributed by atoms with Gasteiger partial charge in [0.2, 0.25) is 0 Å². The molecule has 136 valence electrons. The third-order valence-corrected chi connectivity index (χ3v) is 4.50. The topological polar surface area (TPSA) is 64.9 Å². The number of carbonyl (C=O) groups excluding carboxylic acids is 1. The summed E-state index contributed by atoms with van der Waals surface area (Å²) in [5.41, 5.74) is 1.87. The van der Waals surface area contributed by atoms with Crippen LogP contribution in [0.1, 0.15) is 19.5 Å². The van der Waals surface area contributed by atoms with Crippen LogP contribution in [0.2, 0.25) is 0 Å². The lowest BCUT2D eigenvalue weighted by Gasteiger charge is -2.14. The van der Waals surface area contributed by atoms with E-state index in [1.807, 2.05) is 44.5 Å². The van der Waals surface area contributed by atoms with Crippen LogP contribution < -0.4 is 19.7 Å². The molecule has 25 heavy (non-hydrogen) atoms. The Morgan fingerprint density at radius 1 is 1.32 bits per heavy atom. The highest BCUT2D eigenvalue weighted by molar-refractivity contribution is 7.13. The monoisotopic (exact) mass is 364 g/mol. The van der Waals surface area contributed by atoms with E-state index in [1.54, 1.807) is 25.6 Å². The highest BCUT2D eigenvalue weighted by Crippen LogP contribution is 2.38. The van der Waals surface area contributed by atoms with Crippen LogP contribution in [0.25, 0.3) is 10.6 Å².